The molecular formula is C14H20F2N4O5S. The summed E-state index contributed by atoms with van der Waals surface area (Å²) in [4.78, 5) is 25.0. The van der Waals surface area contributed by atoms with E-state index < -0.39 is 33.1 Å². The number of hydrogen-bond acceptors (Lipinski definition) is 5. The third-order valence-corrected chi connectivity index (χ3v) is 5.28. The number of hydrogen-bond donors (Lipinski definition) is 2. The van der Waals surface area contributed by atoms with Gasteiger partial charge >= 0.3 is 11.7 Å². The van der Waals surface area contributed by atoms with E-state index in [1.165, 1.54) is 29.6 Å². The Bertz CT molecular complexity index is 785. The van der Waals surface area contributed by atoms with E-state index in [1.54, 1.807) is 4.72 Å². The van der Waals surface area contributed by atoms with Crippen molar-refractivity contribution >= 4 is 27.6 Å². The Hall–Kier alpha value is -2.24. The van der Waals surface area contributed by atoms with Crippen LogP contribution in [-0.2, 0) is 19.6 Å². The highest BCUT2D eigenvalue weighted by Crippen LogP contribution is 2.27. The largest absolute Gasteiger partial charge is 0.480 e. The number of aromatic nitrogens is 2. The molecule has 1 fully saturated rings. The minimum atomic E-state index is -4.76. The van der Waals surface area contributed by atoms with Crippen molar-refractivity contribution in [3.8, 4) is 0 Å². The molecule has 2 heterocycles. The second kappa shape index (κ2) is 7.17. The van der Waals surface area contributed by atoms with Crippen molar-refractivity contribution in [3.63, 3.8) is 0 Å². The molecule has 146 valence electrons. The van der Waals surface area contributed by atoms with Crippen LogP contribution in [-0.4, -0.2) is 58.9 Å². The predicted octanol–water partition coefficient (Wildman–Crippen LogP) is 1.12. The second-order valence-corrected chi connectivity index (χ2v) is 8.22. The van der Waals surface area contributed by atoms with Crippen LogP contribution in [0.4, 0.5) is 14.5 Å². The Kier molecular flexibility index (Phi) is 5.54. The number of sulfonamides is 1. The maximum Gasteiger partial charge on any atom is 0.355 e. The number of nitrogens with zero attached hydrogens (tertiary/aromatic N) is 3. The van der Waals surface area contributed by atoms with E-state index in [-0.39, 0.29) is 11.7 Å². The van der Waals surface area contributed by atoms with Crippen molar-refractivity contribution in [3.05, 3.63) is 12.4 Å². The Labute approximate surface area is 149 Å². The first-order chi connectivity index (χ1) is 11.9. The van der Waals surface area contributed by atoms with Gasteiger partial charge in [0.15, 0.2) is 0 Å². The zero-order chi connectivity index (χ0) is 19.7. The molecule has 1 aromatic rings. The van der Waals surface area contributed by atoms with Crippen molar-refractivity contribution < 1.29 is 31.9 Å². The van der Waals surface area contributed by atoms with E-state index in [0.717, 1.165) is 6.20 Å². The number of piperidine rings is 1. The third kappa shape index (κ3) is 4.11. The van der Waals surface area contributed by atoms with Gasteiger partial charge in [-0.05, 0) is 26.7 Å². The van der Waals surface area contributed by atoms with Gasteiger partial charge < -0.3 is 10.0 Å². The molecule has 0 unspecified atom stereocenters. The molecule has 1 saturated heterocycles. The van der Waals surface area contributed by atoms with E-state index in [2.05, 4.69) is 5.10 Å². The van der Waals surface area contributed by atoms with Gasteiger partial charge in [-0.2, -0.15) is 13.9 Å². The molecule has 2 rings (SSSR count). The molecule has 0 spiro atoms. The summed E-state index contributed by atoms with van der Waals surface area (Å²) in [6.45, 7) is 3.33. The lowest BCUT2D eigenvalue weighted by Crippen LogP contribution is -2.48. The first-order valence-corrected chi connectivity index (χ1v) is 9.36. The molecule has 0 radical (unpaired) electrons. The fraction of sp³-hybridized carbons (Fsp3) is 0.643. The number of rotatable bonds is 6. The zero-order valence-corrected chi connectivity index (χ0v) is 15.0. The molecule has 0 aromatic carbocycles. The number of anilines is 1. The normalized spacial score (nSPS) is 16.7. The van der Waals surface area contributed by atoms with Crippen LogP contribution in [0.2, 0.25) is 0 Å². The molecule has 1 aromatic heterocycles. The van der Waals surface area contributed by atoms with Crippen LogP contribution in [0.15, 0.2) is 12.4 Å². The highest BCUT2D eigenvalue weighted by Gasteiger charge is 2.40. The lowest BCUT2D eigenvalue weighted by atomic mass is 9.90. The maximum atomic E-state index is 12.4. The summed E-state index contributed by atoms with van der Waals surface area (Å²) in [6, 6.07) is -0.156. The summed E-state index contributed by atoms with van der Waals surface area (Å²) in [5, 5.41) is 13.1. The fourth-order valence-electron chi connectivity index (χ4n) is 2.62. The van der Waals surface area contributed by atoms with Crippen LogP contribution in [0.25, 0.3) is 0 Å². The first-order valence-electron chi connectivity index (χ1n) is 7.82. The monoisotopic (exact) mass is 394 g/mol. The summed E-state index contributed by atoms with van der Waals surface area (Å²) >= 11 is 0. The van der Waals surface area contributed by atoms with Crippen molar-refractivity contribution in [2.45, 2.75) is 38.5 Å². The number of amides is 1. The van der Waals surface area contributed by atoms with Crippen molar-refractivity contribution in [1.82, 2.24) is 14.7 Å². The van der Waals surface area contributed by atoms with Gasteiger partial charge in [-0.3, -0.25) is 19.0 Å². The second-order valence-electron chi connectivity index (χ2n) is 6.57. The highest BCUT2D eigenvalue weighted by atomic mass is 32.2. The molecule has 1 aliphatic heterocycles. The van der Waals surface area contributed by atoms with Gasteiger partial charge in [0, 0.05) is 19.3 Å². The molecule has 26 heavy (non-hydrogen) atoms. The highest BCUT2D eigenvalue weighted by molar-refractivity contribution is 7.93. The van der Waals surface area contributed by atoms with E-state index >= 15 is 0 Å². The van der Waals surface area contributed by atoms with Crippen LogP contribution in [0.5, 0.6) is 0 Å². The Morgan fingerprint density at radius 2 is 1.92 bits per heavy atom. The number of carboxylic acid groups (broad SMARTS) is 1. The smallest absolute Gasteiger partial charge is 0.355 e. The van der Waals surface area contributed by atoms with Gasteiger partial charge in [-0.15, -0.1) is 0 Å². The average molecular weight is 394 g/mol. The van der Waals surface area contributed by atoms with Gasteiger partial charge in [-0.1, -0.05) is 0 Å². The van der Waals surface area contributed by atoms with Crippen molar-refractivity contribution in [2.75, 3.05) is 17.8 Å². The lowest BCUT2D eigenvalue weighted by molar-refractivity contribution is -0.158. The molecule has 0 atom stereocenters. The average Bonchev–Trinajstić information content (AvgIpc) is 3.01. The van der Waals surface area contributed by atoms with Gasteiger partial charge in [0.05, 0.1) is 17.9 Å². The molecule has 0 bridgehead atoms. The molecule has 1 aliphatic rings. The molecule has 12 heteroatoms. The van der Waals surface area contributed by atoms with Crippen LogP contribution >= 0.6 is 0 Å². The Balaban J connectivity index is 1.99. The molecular weight excluding hydrogens is 374 g/mol. The minimum absolute atomic E-state index is 0.0733. The van der Waals surface area contributed by atoms with Crippen LogP contribution < -0.4 is 4.72 Å². The topological polar surface area (TPSA) is 122 Å². The van der Waals surface area contributed by atoms with Gasteiger partial charge in [0.1, 0.15) is 5.41 Å². The van der Waals surface area contributed by atoms with Crippen molar-refractivity contribution in [1.29, 1.82) is 0 Å². The SMILES string of the molecule is CC(C)(C(=O)O)C(=O)N1CCC(n2cc(NS(=O)(=O)C(F)F)cn2)CC1. The summed E-state index contributed by atoms with van der Waals surface area (Å²) in [5.74, 6) is -5.22. The van der Waals surface area contributed by atoms with Crippen LogP contribution in [0.1, 0.15) is 32.7 Å². The summed E-state index contributed by atoms with van der Waals surface area (Å²) < 4.78 is 50.3. The quantitative estimate of drug-likeness (QED) is 0.698. The molecule has 0 saturated carbocycles. The summed E-state index contributed by atoms with van der Waals surface area (Å²) in [7, 11) is -4.76. The number of carbonyl (C=O) groups is 2. The number of alkyl halides is 2. The standard InChI is InChI=1S/C14H20F2N4O5S/c1-14(2,12(22)23)11(21)19-5-3-10(4-6-19)20-8-9(7-17-20)18-26(24,25)13(15)16/h7-8,10,13,18H,3-6H2,1-2H3,(H,22,23). The number of carboxylic acids is 1. The third-order valence-electron chi connectivity index (χ3n) is 4.29. The number of carbonyl (C=O) groups excluding carboxylic acids is 1. The van der Waals surface area contributed by atoms with Gasteiger partial charge in [0.2, 0.25) is 5.91 Å². The predicted molar refractivity (Wildman–Crippen MR) is 87.0 cm³/mol. The number of likely N-dealkylation sites (tertiary alicyclic amines) is 1. The van der Waals surface area contributed by atoms with E-state index in [4.69, 9.17) is 5.11 Å². The van der Waals surface area contributed by atoms with E-state index in [9.17, 15) is 26.8 Å². The Morgan fingerprint density at radius 1 is 1.35 bits per heavy atom. The van der Waals surface area contributed by atoms with E-state index in [1.807, 2.05) is 0 Å². The summed E-state index contributed by atoms with van der Waals surface area (Å²) in [6.07, 6.45) is 3.39. The van der Waals surface area contributed by atoms with Gasteiger partial charge in [0.25, 0.3) is 10.0 Å². The lowest BCUT2D eigenvalue weighted by Gasteiger charge is -2.35. The zero-order valence-electron chi connectivity index (χ0n) is 14.2. The van der Waals surface area contributed by atoms with Crippen LogP contribution in [0.3, 0.4) is 0 Å². The molecule has 2 N–H and O–H groups in total. The van der Waals surface area contributed by atoms with Crippen molar-refractivity contribution in [2.24, 2.45) is 5.41 Å². The molecule has 0 aliphatic carbocycles. The minimum Gasteiger partial charge on any atom is -0.480 e. The number of aliphatic carboxylic acids is 1. The molecule has 9 nitrogen and oxygen atoms in total. The van der Waals surface area contributed by atoms with Gasteiger partial charge in [-0.25, -0.2) is 8.42 Å². The number of nitrogens with one attached hydrogen (secondary N) is 1. The summed E-state index contributed by atoms with van der Waals surface area (Å²) in [5.41, 5.74) is -1.59. The Morgan fingerprint density at radius 3 is 2.42 bits per heavy atom. The molecule has 1 amide bonds. The number of halogens is 2. The first kappa shape index (κ1) is 20.1. The maximum absolute atomic E-state index is 12.4. The fourth-order valence-corrected chi connectivity index (χ4v) is 3.14. The van der Waals surface area contributed by atoms with Crippen LogP contribution in [0, 0.1) is 5.41 Å². The van der Waals surface area contributed by atoms with E-state index in [0.29, 0.717) is 25.9 Å².